The highest BCUT2D eigenvalue weighted by atomic mass is 35.5. The van der Waals surface area contributed by atoms with Crippen molar-refractivity contribution in [3.8, 4) is 5.75 Å². The topological polar surface area (TPSA) is 96.0 Å². The number of hydrogen-bond acceptors (Lipinski definition) is 5. The number of nitrogens with zero attached hydrogens (tertiary/aromatic N) is 2. The largest absolute Gasteiger partial charge is 0.495 e. The highest BCUT2D eigenvalue weighted by molar-refractivity contribution is 7.92. The molecule has 2 amide bonds. The van der Waals surface area contributed by atoms with Gasteiger partial charge in [-0.2, -0.15) is 0 Å². The summed E-state index contributed by atoms with van der Waals surface area (Å²) in [6.07, 6.45) is 4.32. The molecule has 1 saturated carbocycles. The lowest BCUT2D eigenvalue weighted by Crippen LogP contribution is -2.53. The summed E-state index contributed by atoms with van der Waals surface area (Å²) in [6.45, 7) is 3.34. The van der Waals surface area contributed by atoms with E-state index >= 15 is 0 Å². The number of halogens is 1. The molecular formula is C32H38ClN3O5S. The van der Waals surface area contributed by atoms with Gasteiger partial charge in [0.05, 0.1) is 22.7 Å². The summed E-state index contributed by atoms with van der Waals surface area (Å²) in [4.78, 5) is 29.2. The van der Waals surface area contributed by atoms with Crippen LogP contribution in [-0.4, -0.2) is 50.9 Å². The Balaban J connectivity index is 1.73. The summed E-state index contributed by atoms with van der Waals surface area (Å²) in [5.74, 6) is -0.358. The number of anilines is 1. The Morgan fingerprint density at radius 1 is 1.02 bits per heavy atom. The van der Waals surface area contributed by atoms with Gasteiger partial charge >= 0.3 is 0 Å². The molecule has 0 aliphatic heterocycles. The first kappa shape index (κ1) is 31.4. The number of hydrogen-bond donors (Lipinski definition) is 1. The van der Waals surface area contributed by atoms with Gasteiger partial charge < -0.3 is 15.0 Å². The van der Waals surface area contributed by atoms with Gasteiger partial charge in [-0.25, -0.2) is 8.42 Å². The van der Waals surface area contributed by atoms with E-state index in [1.807, 2.05) is 44.2 Å². The number of nitrogens with one attached hydrogen (secondary N) is 1. The van der Waals surface area contributed by atoms with E-state index in [0.717, 1.165) is 41.1 Å². The maximum Gasteiger partial charge on any atom is 0.264 e. The second kappa shape index (κ2) is 14.1. The number of carbonyl (C=O) groups is 2. The summed E-state index contributed by atoms with van der Waals surface area (Å²) in [7, 11) is -2.73. The standard InChI is InChI=1S/C32H38ClN3O5S/c1-4-29(32(38)34-25-12-8-9-13-25)35(21-24-10-6-5-7-11-24)31(37)22-36(26-16-19-30(41-3)28(33)20-26)42(39,40)27-17-14-23(2)15-18-27/h5-7,10-11,14-20,25,29H,4,8-9,12-13,21-22H2,1-3H3,(H,34,38). The van der Waals surface area contributed by atoms with Crippen LogP contribution in [0.2, 0.25) is 5.02 Å². The zero-order valence-electron chi connectivity index (χ0n) is 24.3. The fraction of sp³-hybridized carbons (Fsp3) is 0.375. The Hall–Kier alpha value is -3.56. The van der Waals surface area contributed by atoms with E-state index in [4.69, 9.17) is 16.3 Å². The van der Waals surface area contributed by atoms with Gasteiger partial charge in [0.25, 0.3) is 10.0 Å². The summed E-state index contributed by atoms with van der Waals surface area (Å²) >= 11 is 6.40. The van der Waals surface area contributed by atoms with Crippen LogP contribution >= 0.6 is 11.6 Å². The lowest BCUT2D eigenvalue weighted by atomic mass is 10.1. The minimum absolute atomic E-state index is 0.0356. The van der Waals surface area contributed by atoms with E-state index in [1.165, 1.54) is 30.2 Å². The third-order valence-corrected chi connectivity index (χ3v) is 9.68. The molecule has 1 aliphatic rings. The highest BCUT2D eigenvalue weighted by Gasteiger charge is 2.34. The average Bonchev–Trinajstić information content (AvgIpc) is 3.49. The van der Waals surface area contributed by atoms with Gasteiger partial charge in [0.2, 0.25) is 11.8 Å². The van der Waals surface area contributed by atoms with Crippen molar-refractivity contribution in [2.45, 2.75) is 69.5 Å². The highest BCUT2D eigenvalue weighted by Crippen LogP contribution is 2.32. The van der Waals surface area contributed by atoms with Crippen molar-refractivity contribution in [2.24, 2.45) is 0 Å². The van der Waals surface area contributed by atoms with Gasteiger partial charge in [-0.15, -0.1) is 0 Å². The monoisotopic (exact) mass is 611 g/mol. The number of methoxy groups -OCH3 is 1. The van der Waals surface area contributed by atoms with Gasteiger partial charge in [0, 0.05) is 12.6 Å². The Morgan fingerprint density at radius 2 is 1.69 bits per heavy atom. The minimum Gasteiger partial charge on any atom is -0.495 e. The second-order valence-corrected chi connectivity index (χ2v) is 12.8. The minimum atomic E-state index is -4.19. The normalized spacial score (nSPS) is 14.3. The van der Waals surface area contributed by atoms with E-state index in [2.05, 4.69) is 5.32 Å². The van der Waals surface area contributed by atoms with Gasteiger partial charge in [-0.1, -0.05) is 79.4 Å². The van der Waals surface area contributed by atoms with Crippen LogP contribution in [0.25, 0.3) is 0 Å². The van der Waals surface area contributed by atoms with Crippen LogP contribution in [0.3, 0.4) is 0 Å². The maximum atomic E-state index is 14.2. The summed E-state index contributed by atoms with van der Waals surface area (Å²) in [5.41, 5.74) is 1.94. The molecular weight excluding hydrogens is 574 g/mol. The Kier molecular flexibility index (Phi) is 10.5. The SMILES string of the molecule is CCC(C(=O)NC1CCCC1)N(Cc1ccccc1)C(=O)CN(c1ccc(OC)c(Cl)c1)S(=O)(=O)c1ccc(C)cc1. The van der Waals surface area contributed by atoms with Crippen LogP contribution < -0.4 is 14.4 Å². The van der Waals surface area contributed by atoms with Crippen molar-refractivity contribution in [3.63, 3.8) is 0 Å². The molecule has 0 heterocycles. The van der Waals surface area contributed by atoms with Crippen LogP contribution in [0.5, 0.6) is 5.75 Å². The van der Waals surface area contributed by atoms with E-state index in [0.29, 0.717) is 12.2 Å². The number of carbonyl (C=O) groups excluding carboxylic acids is 2. The first-order valence-corrected chi connectivity index (χ1v) is 16.0. The predicted octanol–water partition coefficient (Wildman–Crippen LogP) is 5.72. The number of aryl methyl sites for hydroxylation is 1. The molecule has 8 nitrogen and oxygen atoms in total. The molecule has 0 spiro atoms. The first-order chi connectivity index (χ1) is 20.1. The van der Waals surface area contributed by atoms with Crippen molar-refractivity contribution < 1.29 is 22.7 Å². The summed E-state index contributed by atoms with van der Waals surface area (Å²) in [5, 5.41) is 3.33. The fourth-order valence-corrected chi connectivity index (χ4v) is 6.90. The van der Waals surface area contributed by atoms with Crippen molar-refractivity contribution in [1.82, 2.24) is 10.2 Å². The molecule has 3 aromatic carbocycles. The van der Waals surface area contributed by atoms with Crippen LogP contribution in [0.15, 0.2) is 77.7 Å². The predicted molar refractivity (Wildman–Crippen MR) is 165 cm³/mol. The van der Waals surface area contributed by atoms with Crippen molar-refractivity contribution >= 4 is 39.1 Å². The molecule has 3 aromatic rings. The lowest BCUT2D eigenvalue weighted by molar-refractivity contribution is -0.140. The molecule has 42 heavy (non-hydrogen) atoms. The zero-order chi connectivity index (χ0) is 30.3. The number of rotatable bonds is 12. The molecule has 10 heteroatoms. The van der Waals surface area contributed by atoms with E-state index < -0.39 is 28.5 Å². The third kappa shape index (κ3) is 7.44. The van der Waals surface area contributed by atoms with Crippen LogP contribution in [-0.2, 0) is 26.2 Å². The molecule has 0 aromatic heterocycles. The van der Waals surface area contributed by atoms with Gasteiger partial charge in [0.1, 0.15) is 18.3 Å². The molecule has 1 fully saturated rings. The van der Waals surface area contributed by atoms with Crippen LogP contribution in [0, 0.1) is 6.92 Å². The Labute approximate surface area is 253 Å². The van der Waals surface area contributed by atoms with Crippen molar-refractivity contribution in [3.05, 3.63) is 88.9 Å². The van der Waals surface area contributed by atoms with E-state index in [9.17, 15) is 18.0 Å². The molecule has 0 bridgehead atoms. The number of benzene rings is 3. The van der Waals surface area contributed by atoms with Crippen molar-refractivity contribution in [1.29, 1.82) is 0 Å². The zero-order valence-corrected chi connectivity index (χ0v) is 25.8. The lowest BCUT2D eigenvalue weighted by Gasteiger charge is -2.34. The Morgan fingerprint density at radius 3 is 2.29 bits per heavy atom. The first-order valence-electron chi connectivity index (χ1n) is 14.2. The fourth-order valence-electron chi connectivity index (χ4n) is 5.24. The molecule has 1 N–H and O–H groups in total. The molecule has 224 valence electrons. The molecule has 1 atom stereocenters. The van der Waals surface area contributed by atoms with Crippen LogP contribution in [0.4, 0.5) is 5.69 Å². The molecule has 1 unspecified atom stereocenters. The van der Waals surface area contributed by atoms with E-state index in [1.54, 1.807) is 24.3 Å². The number of ether oxygens (including phenoxy) is 1. The second-order valence-electron chi connectivity index (χ2n) is 10.6. The molecule has 0 saturated heterocycles. The molecule has 0 radical (unpaired) electrons. The third-order valence-electron chi connectivity index (χ3n) is 7.59. The average molecular weight is 612 g/mol. The Bertz CT molecular complexity index is 1480. The van der Waals surface area contributed by atoms with E-state index in [-0.39, 0.29) is 34.1 Å². The molecule has 1 aliphatic carbocycles. The summed E-state index contributed by atoms with van der Waals surface area (Å²) < 4.78 is 34.4. The van der Waals surface area contributed by atoms with Crippen molar-refractivity contribution in [2.75, 3.05) is 18.0 Å². The smallest absolute Gasteiger partial charge is 0.264 e. The summed E-state index contributed by atoms with van der Waals surface area (Å²) in [6, 6.07) is 19.7. The van der Waals surface area contributed by atoms with Crippen LogP contribution in [0.1, 0.15) is 50.2 Å². The number of sulfonamides is 1. The van der Waals surface area contributed by atoms with Gasteiger partial charge in [-0.05, 0) is 62.1 Å². The quantitative estimate of drug-likeness (QED) is 0.283. The number of amides is 2. The van der Waals surface area contributed by atoms with Gasteiger partial charge in [-0.3, -0.25) is 13.9 Å². The maximum absolute atomic E-state index is 14.2. The molecule has 4 rings (SSSR count). The van der Waals surface area contributed by atoms with Gasteiger partial charge in [0.15, 0.2) is 0 Å².